The molecule has 0 spiro atoms. The summed E-state index contributed by atoms with van der Waals surface area (Å²) in [5, 5.41) is 21.7. The van der Waals surface area contributed by atoms with Crippen LogP contribution in [0.4, 0.5) is 5.69 Å². The van der Waals surface area contributed by atoms with Gasteiger partial charge in [-0.3, -0.25) is 4.79 Å². The van der Waals surface area contributed by atoms with Crippen LogP contribution in [0, 0.1) is 11.3 Å². The zero-order valence-electron chi connectivity index (χ0n) is 15.3. The maximum Gasteiger partial charge on any atom is 0.234 e. The van der Waals surface area contributed by atoms with Crippen LogP contribution in [0.3, 0.4) is 0 Å². The van der Waals surface area contributed by atoms with Crippen LogP contribution in [0.5, 0.6) is 5.75 Å². The molecule has 3 aromatic rings. The Balaban J connectivity index is 1.54. The smallest absolute Gasteiger partial charge is 0.234 e. The van der Waals surface area contributed by atoms with E-state index in [-0.39, 0.29) is 17.4 Å². The summed E-state index contributed by atoms with van der Waals surface area (Å²) < 4.78 is 0. The van der Waals surface area contributed by atoms with Crippen molar-refractivity contribution in [1.29, 1.82) is 5.26 Å². The third-order valence-corrected chi connectivity index (χ3v) is 5.17. The van der Waals surface area contributed by atoms with Crippen LogP contribution in [-0.2, 0) is 17.0 Å². The van der Waals surface area contributed by atoms with E-state index in [1.165, 1.54) is 17.3 Å². The molecule has 140 valence electrons. The van der Waals surface area contributed by atoms with Gasteiger partial charge in [0, 0.05) is 5.75 Å². The molecule has 0 aromatic heterocycles. The fourth-order valence-electron chi connectivity index (χ4n) is 2.75. The topological polar surface area (TPSA) is 73.1 Å². The Morgan fingerprint density at radius 2 is 1.68 bits per heavy atom. The van der Waals surface area contributed by atoms with E-state index in [1.54, 1.807) is 18.2 Å². The average Bonchev–Trinajstić information content (AvgIpc) is 2.72. The van der Waals surface area contributed by atoms with Gasteiger partial charge in [0.1, 0.15) is 5.75 Å². The second kappa shape index (κ2) is 9.63. The number of nitrogens with one attached hydrogen (secondary N) is 1. The molecule has 5 heteroatoms. The molecule has 0 fully saturated rings. The van der Waals surface area contributed by atoms with E-state index >= 15 is 0 Å². The van der Waals surface area contributed by atoms with Gasteiger partial charge in [0.2, 0.25) is 5.91 Å². The third-order valence-electron chi connectivity index (χ3n) is 4.17. The van der Waals surface area contributed by atoms with Crippen LogP contribution >= 0.6 is 11.8 Å². The fraction of sp³-hybridized carbons (Fsp3) is 0.130. The molecule has 0 saturated heterocycles. The SMILES string of the molecule is N#Cc1ccc(CSCC(=O)Nc2cc(Cc3ccccc3)ccc2O)cc1. The maximum atomic E-state index is 12.2. The number of carbonyl (C=O) groups excluding carboxylic acids is 1. The van der Waals surface area contributed by atoms with Crippen molar-refractivity contribution in [3.05, 3.63) is 95.1 Å². The van der Waals surface area contributed by atoms with E-state index in [0.717, 1.165) is 17.5 Å². The van der Waals surface area contributed by atoms with Crippen molar-refractivity contribution in [2.75, 3.05) is 11.1 Å². The summed E-state index contributed by atoms with van der Waals surface area (Å²) in [6.07, 6.45) is 0.734. The molecule has 0 bridgehead atoms. The van der Waals surface area contributed by atoms with E-state index in [0.29, 0.717) is 17.0 Å². The summed E-state index contributed by atoms with van der Waals surface area (Å²) in [5.74, 6) is 0.856. The Bertz CT molecular complexity index is 980. The van der Waals surface area contributed by atoms with Gasteiger partial charge in [-0.25, -0.2) is 0 Å². The summed E-state index contributed by atoms with van der Waals surface area (Å²) in [5.41, 5.74) is 4.30. The average molecular weight is 388 g/mol. The Morgan fingerprint density at radius 3 is 2.39 bits per heavy atom. The molecule has 0 heterocycles. The Morgan fingerprint density at radius 1 is 0.964 bits per heavy atom. The maximum absolute atomic E-state index is 12.2. The van der Waals surface area contributed by atoms with Crippen molar-refractivity contribution in [2.24, 2.45) is 0 Å². The lowest BCUT2D eigenvalue weighted by Gasteiger charge is -2.10. The molecular formula is C23H20N2O2S. The number of anilines is 1. The summed E-state index contributed by atoms with van der Waals surface area (Å²) >= 11 is 1.48. The van der Waals surface area contributed by atoms with Gasteiger partial charge in [-0.2, -0.15) is 5.26 Å². The monoisotopic (exact) mass is 388 g/mol. The number of nitriles is 1. The molecule has 4 nitrogen and oxygen atoms in total. The molecule has 0 unspecified atom stereocenters. The second-order valence-electron chi connectivity index (χ2n) is 6.36. The van der Waals surface area contributed by atoms with Crippen molar-refractivity contribution < 1.29 is 9.90 Å². The first-order valence-electron chi connectivity index (χ1n) is 8.86. The highest BCUT2D eigenvalue weighted by Gasteiger charge is 2.08. The molecular weight excluding hydrogens is 368 g/mol. The van der Waals surface area contributed by atoms with Crippen molar-refractivity contribution in [1.82, 2.24) is 0 Å². The number of carbonyl (C=O) groups is 1. The molecule has 2 N–H and O–H groups in total. The summed E-state index contributed by atoms with van der Waals surface area (Å²) in [6, 6.07) is 24.7. The summed E-state index contributed by atoms with van der Waals surface area (Å²) in [7, 11) is 0. The zero-order valence-corrected chi connectivity index (χ0v) is 16.1. The minimum Gasteiger partial charge on any atom is -0.506 e. The number of phenolic OH excluding ortho intramolecular Hbond substituents is 1. The quantitative estimate of drug-likeness (QED) is 0.574. The number of phenols is 1. The van der Waals surface area contributed by atoms with Gasteiger partial charge >= 0.3 is 0 Å². The van der Waals surface area contributed by atoms with Crippen LogP contribution < -0.4 is 5.32 Å². The van der Waals surface area contributed by atoms with Gasteiger partial charge < -0.3 is 10.4 Å². The van der Waals surface area contributed by atoms with Gasteiger partial charge in [-0.1, -0.05) is 48.5 Å². The summed E-state index contributed by atoms with van der Waals surface area (Å²) in [6.45, 7) is 0. The van der Waals surface area contributed by atoms with Crippen molar-refractivity contribution in [3.8, 4) is 11.8 Å². The highest BCUT2D eigenvalue weighted by Crippen LogP contribution is 2.26. The predicted molar refractivity (Wildman–Crippen MR) is 113 cm³/mol. The van der Waals surface area contributed by atoms with Crippen LogP contribution in [-0.4, -0.2) is 16.8 Å². The molecule has 0 aliphatic heterocycles. The van der Waals surface area contributed by atoms with E-state index in [9.17, 15) is 9.90 Å². The van der Waals surface area contributed by atoms with Crippen LogP contribution in [0.15, 0.2) is 72.8 Å². The van der Waals surface area contributed by atoms with Crippen LogP contribution in [0.1, 0.15) is 22.3 Å². The molecule has 1 amide bonds. The lowest BCUT2D eigenvalue weighted by atomic mass is 10.0. The minimum atomic E-state index is -0.161. The molecule has 3 aromatic carbocycles. The molecule has 0 atom stereocenters. The first kappa shape index (κ1) is 19.5. The third kappa shape index (κ3) is 5.63. The summed E-state index contributed by atoms with van der Waals surface area (Å²) in [4.78, 5) is 12.2. The van der Waals surface area contributed by atoms with Crippen molar-refractivity contribution >= 4 is 23.4 Å². The normalized spacial score (nSPS) is 10.2. The van der Waals surface area contributed by atoms with Crippen LogP contribution in [0.2, 0.25) is 0 Å². The van der Waals surface area contributed by atoms with E-state index in [4.69, 9.17) is 5.26 Å². The number of aromatic hydroxyl groups is 1. The van der Waals surface area contributed by atoms with Crippen molar-refractivity contribution in [2.45, 2.75) is 12.2 Å². The molecule has 0 aliphatic rings. The molecule has 0 aliphatic carbocycles. The number of hydrogen-bond donors (Lipinski definition) is 2. The van der Waals surface area contributed by atoms with E-state index in [1.807, 2.05) is 54.6 Å². The highest BCUT2D eigenvalue weighted by atomic mass is 32.2. The van der Waals surface area contributed by atoms with Gasteiger partial charge in [0.25, 0.3) is 0 Å². The largest absolute Gasteiger partial charge is 0.506 e. The second-order valence-corrected chi connectivity index (χ2v) is 7.35. The van der Waals surface area contributed by atoms with E-state index < -0.39 is 0 Å². The number of amides is 1. The molecule has 28 heavy (non-hydrogen) atoms. The zero-order chi connectivity index (χ0) is 19.8. The van der Waals surface area contributed by atoms with Gasteiger partial charge in [0.15, 0.2) is 0 Å². The first-order valence-corrected chi connectivity index (χ1v) is 10.0. The molecule has 0 saturated carbocycles. The number of rotatable bonds is 7. The standard InChI is InChI=1S/C23H20N2O2S/c24-14-18-6-8-19(9-7-18)15-28-16-23(27)25-21-13-20(10-11-22(21)26)12-17-4-2-1-3-5-17/h1-11,13,26H,12,15-16H2,(H,25,27). The molecule has 0 radical (unpaired) electrons. The van der Waals surface area contributed by atoms with E-state index in [2.05, 4.69) is 11.4 Å². The number of thioether (sulfide) groups is 1. The Kier molecular flexibility index (Phi) is 6.72. The first-order chi connectivity index (χ1) is 13.6. The lowest BCUT2D eigenvalue weighted by molar-refractivity contribution is -0.113. The number of nitrogens with zero attached hydrogens (tertiary/aromatic N) is 1. The highest BCUT2D eigenvalue weighted by molar-refractivity contribution is 7.99. The number of hydrogen-bond acceptors (Lipinski definition) is 4. The van der Waals surface area contributed by atoms with Gasteiger partial charge in [-0.05, 0) is 47.4 Å². The molecule has 3 rings (SSSR count). The Labute approximate surface area is 168 Å². The van der Waals surface area contributed by atoms with Gasteiger partial charge in [0.05, 0.1) is 23.1 Å². The lowest BCUT2D eigenvalue weighted by Crippen LogP contribution is -2.14. The minimum absolute atomic E-state index is 0.0576. The fourth-order valence-corrected chi connectivity index (χ4v) is 3.54. The van der Waals surface area contributed by atoms with Crippen LogP contribution in [0.25, 0.3) is 0 Å². The predicted octanol–water partition coefficient (Wildman–Crippen LogP) is 4.73. The Hall–Kier alpha value is -3.23. The van der Waals surface area contributed by atoms with Gasteiger partial charge in [-0.15, -0.1) is 11.8 Å². The number of benzene rings is 3. The van der Waals surface area contributed by atoms with Crippen molar-refractivity contribution in [3.63, 3.8) is 0 Å².